The van der Waals surface area contributed by atoms with Crippen molar-refractivity contribution in [1.82, 2.24) is 0 Å². The van der Waals surface area contributed by atoms with Crippen LogP contribution in [0.5, 0.6) is 0 Å². The van der Waals surface area contributed by atoms with E-state index in [0.29, 0.717) is 29.8 Å². The molecule has 7 nitrogen and oxygen atoms in total. The van der Waals surface area contributed by atoms with Gasteiger partial charge in [-0.1, -0.05) is 44.2 Å². The van der Waals surface area contributed by atoms with E-state index in [-0.39, 0.29) is 24.7 Å². The number of carbonyl (C=O) groups is 4. The molecular formula is C25H27NO6. The molecule has 2 atom stereocenters. The van der Waals surface area contributed by atoms with Crippen molar-refractivity contribution in [2.24, 2.45) is 5.92 Å². The van der Waals surface area contributed by atoms with Gasteiger partial charge in [-0.2, -0.15) is 0 Å². The van der Waals surface area contributed by atoms with Crippen LogP contribution in [-0.2, 0) is 19.1 Å². The predicted molar refractivity (Wildman–Crippen MR) is 118 cm³/mol. The Morgan fingerprint density at radius 2 is 1.69 bits per heavy atom. The minimum atomic E-state index is -0.887. The molecule has 2 aromatic carbocycles. The number of hydrogen-bond donors (Lipinski definition) is 0. The monoisotopic (exact) mass is 437 g/mol. The molecule has 2 aromatic rings. The first-order valence-corrected chi connectivity index (χ1v) is 10.8. The van der Waals surface area contributed by atoms with Crippen LogP contribution in [0.15, 0.2) is 54.6 Å². The molecule has 0 N–H and O–H groups in total. The Bertz CT molecular complexity index is 970. The zero-order chi connectivity index (χ0) is 23.1. The van der Waals surface area contributed by atoms with Crippen molar-refractivity contribution in [3.63, 3.8) is 0 Å². The summed E-state index contributed by atoms with van der Waals surface area (Å²) in [7, 11) is 0. The van der Waals surface area contributed by atoms with E-state index in [2.05, 4.69) is 0 Å². The van der Waals surface area contributed by atoms with Crippen molar-refractivity contribution < 1.29 is 28.7 Å². The summed E-state index contributed by atoms with van der Waals surface area (Å²) in [5.74, 6) is -2.10. The Labute approximate surface area is 187 Å². The van der Waals surface area contributed by atoms with Gasteiger partial charge in [-0.3, -0.25) is 14.4 Å². The fourth-order valence-corrected chi connectivity index (χ4v) is 3.52. The lowest BCUT2D eigenvalue weighted by Crippen LogP contribution is -2.31. The molecule has 0 spiro atoms. The van der Waals surface area contributed by atoms with E-state index in [1.807, 2.05) is 13.0 Å². The highest BCUT2D eigenvalue weighted by Crippen LogP contribution is 2.27. The third-order valence-corrected chi connectivity index (χ3v) is 5.29. The minimum absolute atomic E-state index is 0.00902. The molecule has 32 heavy (non-hydrogen) atoms. The summed E-state index contributed by atoms with van der Waals surface area (Å²) in [6.07, 6.45) is 0.205. The molecule has 1 fully saturated rings. The first-order chi connectivity index (χ1) is 15.4. The lowest BCUT2D eigenvalue weighted by Gasteiger charge is -2.19. The van der Waals surface area contributed by atoms with E-state index in [0.717, 1.165) is 6.42 Å². The number of benzene rings is 2. The number of ketones is 1. The van der Waals surface area contributed by atoms with Crippen molar-refractivity contribution in [3.05, 3.63) is 65.7 Å². The molecule has 0 aliphatic carbocycles. The van der Waals surface area contributed by atoms with Crippen molar-refractivity contribution in [2.75, 3.05) is 18.1 Å². The molecule has 7 heteroatoms. The standard InChI is InChI=1S/C25H27NO6/c1-3-14-31-24(29)18-10-12-20(13-11-18)26-16-19(15-22(26)27)25(30)32-21(4-2)23(28)17-8-6-5-7-9-17/h5-13,19,21H,3-4,14-16H2,1-2H3/t19-,21+/m1/s1. The molecular weight excluding hydrogens is 410 g/mol. The maximum atomic E-state index is 12.7. The van der Waals surface area contributed by atoms with Crippen LogP contribution in [0.4, 0.5) is 5.69 Å². The van der Waals surface area contributed by atoms with Crippen LogP contribution < -0.4 is 4.90 Å². The van der Waals surface area contributed by atoms with Gasteiger partial charge in [0.05, 0.1) is 18.1 Å². The number of ether oxygens (including phenoxy) is 2. The highest BCUT2D eigenvalue weighted by atomic mass is 16.5. The molecule has 168 valence electrons. The zero-order valence-electron chi connectivity index (χ0n) is 18.3. The van der Waals surface area contributed by atoms with Gasteiger partial charge in [0.15, 0.2) is 6.10 Å². The number of rotatable bonds is 9. The third kappa shape index (κ3) is 5.41. The fourth-order valence-electron chi connectivity index (χ4n) is 3.52. The fraction of sp³-hybridized carbons (Fsp3) is 0.360. The Balaban J connectivity index is 1.62. The van der Waals surface area contributed by atoms with Crippen molar-refractivity contribution >= 4 is 29.3 Å². The Hall–Kier alpha value is -3.48. The van der Waals surface area contributed by atoms with Gasteiger partial charge in [0, 0.05) is 24.2 Å². The van der Waals surface area contributed by atoms with Gasteiger partial charge >= 0.3 is 11.9 Å². The number of carbonyl (C=O) groups excluding carboxylic acids is 4. The van der Waals surface area contributed by atoms with Crippen LogP contribution in [0, 0.1) is 5.92 Å². The van der Waals surface area contributed by atoms with Crippen LogP contribution in [0.1, 0.15) is 53.8 Å². The smallest absolute Gasteiger partial charge is 0.338 e. The predicted octanol–water partition coefficient (Wildman–Crippen LogP) is 3.81. The Morgan fingerprint density at radius 3 is 2.31 bits per heavy atom. The lowest BCUT2D eigenvalue weighted by atomic mass is 10.0. The van der Waals surface area contributed by atoms with E-state index >= 15 is 0 Å². The average Bonchev–Trinajstić information content (AvgIpc) is 3.22. The van der Waals surface area contributed by atoms with E-state index in [1.54, 1.807) is 55.5 Å². The van der Waals surface area contributed by atoms with E-state index in [9.17, 15) is 19.2 Å². The van der Waals surface area contributed by atoms with E-state index in [1.165, 1.54) is 4.90 Å². The molecule has 3 rings (SSSR count). The maximum absolute atomic E-state index is 12.7. The molecule has 1 heterocycles. The minimum Gasteiger partial charge on any atom is -0.462 e. The summed E-state index contributed by atoms with van der Waals surface area (Å²) >= 11 is 0. The second-order valence-corrected chi connectivity index (χ2v) is 7.65. The third-order valence-electron chi connectivity index (χ3n) is 5.29. The van der Waals surface area contributed by atoms with Gasteiger partial charge in [0.2, 0.25) is 11.7 Å². The molecule has 1 amide bonds. The summed E-state index contributed by atoms with van der Waals surface area (Å²) in [5, 5.41) is 0. The Kier molecular flexibility index (Phi) is 7.76. The van der Waals surface area contributed by atoms with Crippen molar-refractivity contribution in [3.8, 4) is 0 Å². The summed E-state index contributed by atoms with van der Waals surface area (Å²) < 4.78 is 10.6. The van der Waals surface area contributed by atoms with Gasteiger partial charge in [-0.15, -0.1) is 0 Å². The van der Waals surface area contributed by atoms with E-state index < -0.39 is 24.0 Å². The summed E-state index contributed by atoms with van der Waals surface area (Å²) in [5.41, 5.74) is 1.47. The first kappa shape index (κ1) is 23.2. The number of esters is 2. The Morgan fingerprint density at radius 1 is 1.00 bits per heavy atom. The average molecular weight is 437 g/mol. The van der Waals surface area contributed by atoms with Gasteiger partial charge in [0.25, 0.3) is 0 Å². The van der Waals surface area contributed by atoms with Gasteiger partial charge in [-0.05, 0) is 37.1 Å². The molecule has 0 aromatic heterocycles. The van der Waals surface area contributed by atoms with Crippen LogP contribution in [0.3, 0.4) is 0 Å². The summed E-state index contributed by atoms with van der Waals surface area (Å²) in [4.78, 5) is 51.3. The van der Waals surface area contributed by atoms with Gasteiger partial charge < -0.3 is 14.4 Å². The number of amides is 1. The summed E-state index contributed by atoms with van der Waals surface area (Å²) in [6.45, 7) is 4.20. The van der Waals surface area contributed by atoms with Crippen molar-refractivity contribution in [1.29, 1.82) is 0 Å². The molecule has 1 aliphatic heterocycles. The summed E-state index contributed by atoms with van der Waals surface area (Å²) in [6, 6.07) is 15.2. The van der Waals surface area contributed by atoms with Gasteiger partial charge in [0.1, 0.15) is 0 Å². The first-order valence-electron chi connectivity index (χ1n) is 10.8. The van der Waals surface area contributed by atoms with Crippen LogP contribution in [0.2, 0.25) is 0 Å². The maximum Gasteiger partial charge on any atom is 0.338 e. The number of Topliss-reactive ketones (excluding diaryl/α,β-unsaturated/α-hetero) is 1. The SMILES string of the molecule is CCCOC(=O)c1ccc(N2C[C@H](C(=O)O[C@@H](CC)C(=O)c3ccccc3)CC2=O)cc1. The van der Waals surface area contributed by atoms with Crippen LogP contribution in [0.25, 0.3) is 0 Å². The molecule has 1 saturated heterocycles. The number of anilines is 1. The largest absolute Gasteiger partial charge is 0.462 e. The van der Waals surface area contributed by atoms with Crippen molar-refractivity contribution in [2.45, 2.75) is 39.2 Å². The van der Waals surface area contributed by atoms with Crippen LogP contribution >= 0.6 is 0 Å². The number of hydrogen-bond acceptors (Lipinski definition) is 6. The zero-order valence-corrected chi connectivity index (χ0v) is 18.3. The van der Waals surface area contributed by atoms with E-state index in [4.69, 9.17) is 9.47 Å². The lowest BCUT2D eigenvalue weighted by molar-refractivity contribution is -0.151. The quantitative estimate of drug-likeness (QED) is 0.438. The molecule has 1 aliphatic rings. The molecule has 0 radical (unpaired) electrons. The second kappa shape index (κ2) is 10.7. The normalized spacial score (nSPS) is 16.5. The topological polar surface area (TPSA) is 90.0 Å². The molecule has 0 bridgehead atoms. The molecule has 0 saturated carbocycles. The van der Waals surface area contributed by atoms with Gasteiger partial charge in [-0.25, -0.2) is 4.79 Å². The second-order valence-electron chi connectivity index (χ2n) is 7.65. The number of nitrogens with zero attached hydrogens (tertiary/aromatic N) is 1. The van der Waals surface area contributed by atoms with Crippen LogP contribution in [-0.4, -0.2) is 42.9 Å². The highest BCUT2D eigenvalue weighted by molar-refractivity contribution is 6.02. The molecule has 0 unspecified atom stereocenters. The highest BCUT2D eigenvalue weighted by Gasteiger charge is 2.37.